The van der Waals surface area contributed by atoms with Gasteiger partial charge in [0.15, 0.2) is 5.78 Å². The Kier molecular flexibility index (Phi) is 3.16. The lowest BCUT2D eigenvalue weighted by molar-refractivity contribution is -0.117. The molecule has 1 nitrogen and oxygen atoms in total. The van der Waals surface area contributed by atoms with E-state index in [0.717, 1.165) is 0 Å². The van der Waals surface area contributed by atoms with Gasteiger partial charge in [0.05, 0.1) is 0 Å². The Hall–Kier alpha value is -0.590. The van der Waals surface area contributed by atoms with Gasteiger partial charge in [-0.2, -0.15) is 0 Å². The van der Waals surface area contributed by atoms with Crippen molar-refractivity contribution in [2.75, 3.05) is 0 Å². The molecule has 0 N–H and O–H groups in total. The third-order valence-corrected chi connectivity index (χ3v) is 0.900. The smallest absolute Gasteiger partial charge is 0.157 e. The van der Waals surface area contributed by atoms with E-state index in [0.29, 0.717) is 0 Å². The van der Waals surface area contributed by atoms with Gasteiger partial charge in [0.2, 0.25) is 0 Å². The number of hydrogen-bond donors (Lipinski definition) is 0. The highest BCUT2D eigenvalue weighted by atomic mass is 16.1. The number of hydrogen-bond acceptors (Lipinski definition) is 1. The summed E-state index contributed by atoms with van der Waals surface area (Å²) in [6, 6.07) is 0. The molecule has 8 heavy (non-hydrogen) atoms. The van der Waals surface area contributed by atoms with Gasteiger partial charge in [0.1, 0.15) is 0 Å². The SMILES string of the molecule is C/C=C/C(=O)C(C)C. The van der Waals surface area contributed by atoms with Gasteiger partial charge in [-0.25, -0.2) is 0 Å². The summed E-state index contributed by atoms with van der Waals surface area (Å²) in [6.07, 6.45) is 3.37. The fraction of sp³-hybridized carbons (Fsp3) is 0.571. The van der Waals surface area contributed by atoms with Crippen LogP contribution in [0.4, 0.5) is 0 Å². The topological polar surface area (TPSA) is 17.1 Å². The lowest BCUT2D eigenvalue weighted by Crippen LogP contribution is -2.01. The van der Waals surface area contributed by atoms with Crippen molar-refractivity contribution >= 4 is 5.78 Å². The minimum atomic E-state index is 0.145. The molecule has 46 valence electrons. The largest absolute Gasteiger partial charge is 0.295 e. The quantitative estimate of drug-likeness (QED) is 0.498. The van der Waals surface area contributed by atoms with Crippen LogP contribution in [0.1, 0.15) is 20.8 Å². The van der Waals surface area contributed by atoms with Gasteiger partial charge in [-0.15, -0.1) is 0 Å². The molecule has 0 aliphatic rings. The second-order valence-electron chi connectivity index (χ2n) is 2.06. The van der Waals surface area contributed by atoms with Gasteiger partial charge in [-0.1, -0.05) is 19.9 Å². The molecule has 0 spiro atoms. The average Bonchev–Trinajstić information content (AvgIpc) is 1.67. The molecule has 0 aliphatic carbocycles. The van der Waals surface area contributed by atoms with Gasteiger partial charge < -0.3 is 0 Å². The molecule has 0 atom stereocenters. The number of rotatable bonds is 2. The highest BCUT2D eigenvalue weighted by Crippen LogP contribution is 1.93. The molecule has 0 saturated carbocycles. The Labute approximate surface area is 50.4 Å². The van der Waals surface area contributed by atoms with E-state index >= 15 is 0 Å². The molecule has 0 aromatic heterocycles. The molecule has 0 heterocycles. The summed E-state index contributed by atoms with van der Waals surface area (Å²) in [4.78, 5) is 10.7. The van der Waals surface area contributed by atoms with Crippen LogP contribution in [0.2, 0.25) is 0 Å². The molecule has 0 amide bonds. The first kappa shape index (κ1) is 7.41. The molecule has 0 rings (SSSR count). The Morgan fingerprint density at radius 2 is 2.00 bits per heavy atom. The molecule has 1 heteroatoms. The van der Waals surface area contributed by atoms with Crippen LogP contribution < -0.4 is 0 Å². The van der Waals surface area contributed by atoms with E-state index in [1.165, 1.54) is 0 Å². The van der Waals surface area contributed by atoms with E-state index in [-0.39, 0.29) is 11.7 Å². The van der Waals surface area contributed by atoms with Crippen LogP contribution in [-0.2, 0) is 4.79 Å². The third kappa shape index (κ3) is 2.56. The van der Waals surface area contributed by atoms with Crippen LogP contribution in [0.25, 0.3) is 0 Å². The van der Waals surface area contributed by atoms with Crippen LogP contribution >= 0.6 is 0 Å². The Balaban J connectivity index is 3.66. The molecule has 0 aromatic carbocycles. The van der Waals surface area contributed by atoms with Crippen LogP contribution in [0, 0.1) is 5.92 Å². The number of carbonyl (C=O) groups is 1. The standard InChI is InChI=1S/C7H12O/c1-4-5-7(8)6(2)3/h4-6H,1-3H3/b5-4+. The molecule has 0 bridgehead atoms. The first-order chi connectivity index (χ1) is 3.68. The summed E-state index contributed by atoms with van der Waals surface area (Å²) >= 11 is 0. The molecule has 0 radical (unpaired) electrons. The van der Waals surface area contributed by atoms with Crippen molar-refractivity contribution in [1.82, 2.24) is 0 Å². The van der Waals surface area contributed by atoms with Gasteiger partial charge in [0.25, 0.3) is 0 Å². The second kappa shape index (κ2) is 3.42. The van der Waals surface area contributed by atoms with Crippen LogP contribution in [0.5, 0.6) is 0 Å². The summed E-state index contributed by atoms with van der Waals surface area (Å²) < 4.78 is 0. The van der Waals surface area contributed by atoms with Crippen molar-refractivity contribution < 1.29 is 4.79 Å². The first-order valence-corrected chi connectivity index (χ1v) is 2.85. The van der Waals surface area contributed by atoms with Crippen molar-refractivity contribution in [1.29, 1.82) is 0 Å². The van der Waals surface area contributed by atoms with Crippen LogP contribution in [0.3, 0.4) is 0 Å². The first-order valence-electron chi connectivity index (χ1n) is 2.85. The number of carbonyl (C=O) groups excluding carboxylic acids is 1. The average molecular weight is 112 g/mol. The predicted molar refractivity (Wildman–Crippen MR) is 34.7 cm³/mol. The molecular weight excluding hydrogens is 100 g/mol. The zero-order chi connectivity index (χ0) is 6.57. The Morgan fingerprint density at radius 3 is 2.12 bits per heavy atom. The highest BCUT2D eigenvalue weighted by Gasteiger charge is 1.99. The van der Waals surface area contributed by atoms with E-state index in [2.05, 4.69) is 0 Å². The van der Waals surface area contributed by atoms with Crippen LogP contribution in [0.15, 0.2) is 12.2 Å². The van der Waals surface area contributed by atoms with E-state index < -0.39 is 0 Å². The Morgan fingerprint density at radius 1 is 1.50 bits per heavy atom. The molecule has 0 unspecified atom stereocenters. The van der Waals surface area contributed by atoms with Gasteiger partial charge in [-0.3, -0.25) is 4.79 Å². The minimum Gasteiger partial charge on any atom is -0.295 e. The maximum Gasteiger partial charge on any atom is 0.157 e. The fourth-order valence-electron chi connectivity index (χ4n) is 0.357. The van der Waals surface area contributed by atoms with E-state index in [4.69, 9.17) is 0 Å². The van der Waals surface area contributed by atoms with Gasteiger partial charge in [-0.05, 0) is 13.0 Å². The second-order valence-corrected chi connectivity index (χ2v) is 2.06. The van der Waals surface area contributed by atoms with E-state index in [9.17, 15) is 4.79 Å². The van der Waals surface area contributed by atoms with Crippen molar-refractivity contribution in [2.24, 2.45) is 5.92 Å². The number of ketones is 1. The minimum absolute atomic E-state index is 0.145. The summed E-state index contributed by atoms with van der Waals surface area (Å²) in [5.74, 6) is 0.346. The van der Waals surface area contributed by atoms with Crippen molar-refractivity contribution in [3.63, 3.8) is 0 Å². The molecule has 0 saturated heterocycles. The maximum absolute atomic E-state index is 10.7. The van der Waals surface area contributed by atoms with E-state index in [1.807, 2.05) is 20.8 Å². The lowest BCUT2D eigenvalue weighted by atomic mass is 10.1. The maximum atomic E-state index is 10.7. The number of allylic oxidation sites excluding steroid dienone is 2. The normalized spacial score (nSPS) is 11.0. The van der Waals surface area contributed by atoms with Crippen molar-refractivity contribution in [2.45, 2.75) is 20.8 Å². The highest BCUT2D eigenvalue weighted by molar-refractivity contribution is 5.90. The molecule has 0 aliphatic heterocycles. The summed E-state index contributed by atoms with van der Waals surface area (Å²) in [5, 5.41) is 0. The summed E-state index contributed by atoms with van der Waals surface area (Å²) in [7, 11) is 0. The van der Waals surface area contributed by atoms with Crippen LogP contribution in [-0.4, -0.2) is 5.78 Å². The molecule has 0 aromatic rings. The molecular formula is C7H12O. The lowest BCUT2D eigenvalue weighted by Gasteiger charge is -1.93. The zero-order valence-electron chi connectivity index (χ0n) is 5.64. The summed E-state index contributed by atoms with van der Waals surface area (Å²) in [5.41, 5.74) is 0. The Bertz CT molecular complexity index is 101. The monoisotopic (exact) mass is 112 g/mol. The summed E-state index contributed by atoms with van der Waals surface area (Å²) in [6.45, 7) is 5.63. The zero-order valence-corrected chi connectivity index (χ0v) is 5.64. The fourth-order valence-corrected chi connectivity index (χ4v) is 0.357. The predicted octanol–water partition coefficient (Wildman–Crippen LogP) is 1.79. The van der Waals surface area contributed by atoms with E-state index in [1.54, 1.807) is 12.2 Å². The van der Waals surface area contributed by atoms with Gasteiger partial charge >= 0.3 is 0 Å². The molecule has 0 fully saturated rings. The third-order valence-electron chi connectivity index (χ3n) is 0.900. The van der Waals surface area contributed by atoms with Crippen molar-refractivity contribution in [3.05, 3.63) is 12.2 Å². The van der Waals surface area contributed by atoms with Crippen molar-refractivity contribution in [3.8, 4) is 0 Å². The van der Waals surface area contributed by atoms with Gasteiger partial charge in [0, 0.05) is 5.92 Å².